The summed E-state index contributed by atoms with van der Waals surface area (Å²) >= 11 is 0. The monoisotopic (exact) mass is 529 g/mol. The number of nitrogens with one attached hydrogen (secondary N) is 1. The highest BCUT2D eigenvalue weighted by atomic mass is 127. The van der Waals surface area contributed by atoms with Gasteiger partial charge in [-0.05, 0) is 44.4 Å². The van der Waals surface area contributed by atoms with Crippen molar-refractivity contribution in [1.29, 1.82) is 0 Å². The van der Waals surface area contributed by atoms with Gasteiger partial charge in [-0.15, -0.1) is 24.0 Å². The highest BCUT2D eigenvalue weighted by Crippen LogP contribution is 2.19. The summed E-state index contributed by atoms with van der Waals surface area (Å²) in [5.74, 6) is 0.837. The van der Waals surface area contributed by atoms with Gasteiger partial charge in [-0.25, -0.2) is 9.37 Å². The second-order valence-electron chi connectivity index (χ2n) is 7.07. The first-order chi connectivity index (χ1) is 14.0. The van der Waals surface area contributed by atoms with Gasteiger partial charge in [0, 0.05) is 39.1 Å². The summed E-state index contributed by atoms with van der Waals surface area (Å²) in [5, 5.41) is 3.28. The number of imidazole rings is 1. The third-order valence-corrected chi connectivity index (χ3v) is 5.10. The molecule has 2 aromatic rings. The lowest BCUT2D eigenvalue weighted by molar-refractivity contribution is -0.149. The molecule has 9 heteroatoms. The maximum absolute atomic E-state index is 14.6. The van der Waals surface area contributed by atoms with Crippen LogP contribution in [0.5, 0.6) is 0 Å². The zero-order valence-corrected chi connectivity index (χ0v) is 19.9. The van der Waals surface area contributed by atoms with E-state index in [4.69, 9.17) is 4.74 Å². The molecule has 1 aliphatic heterocycles. The number of carbonyl (C=O) groups excluding carboxylic acids is 1. The van der Waals surface area contributed by atoms with Gasteiger partial charge in [0.2, 0.25) is 0 Å². The first-order valence-electron chi connectivity index (χ1n) is 9.94. The predicted molar refractivity (Wildman–Crippen MR) is 125 cm³/mol. The number of piperidine rings is 1. The molecule has 0 aliphatic carbocycles. The number of nitrogens with zero attached hydrogens (tertiary/aromatic N) is 4. The number of guanidine groups is 1. The van der Waals surface area contributed by atoms with Gasteiger partial charge in [-0.2, -0.15) is 0 Å². The van der Waals surface area contributed by atoms with E-state index in [0.29, 0.717) is 31.3 Å². The molecule has 2 heterocycles. The number of aliphatic imine (C=N–C) groups is 1. The molecule has 1 unspecified atom stereocenters. The van der Waals surface area contributed by atoms with Gasteiger partial charge in [-0.1, -0.05) is 6.07 Å². The number of aromatic nitrogens is 2. The number of esters is 1. The van der Waals surface area contributed by atoms with Crippen LogP contribution in [-0.4, -0.2) is 53.1 Å². The molecule has 3 rings (SSSR count). The van der Waals surface area contributed by atoms with Crippen molar-refractivity contribution in [3.63, 3.8) is 0 Å². The number of hydrogen-bond acceptors (Lipinski definition) is 4. The maximum atomic E-state index is 14.6. The van der Waals surface area contributed by atoms with Crippen LogP contribution in [-0.2, 0) is 16.1 Å². The van der Waals surface area contributed by atoms with Crippen LogP contribution in [0.4, 0.5) is 4.39 Å². The Hall–Kier alpha value is -2.17. The number of likely N-dealkylation sites (tertiary alicyclic amines) is 1. The van der Waals surface area contributed by atoms with Gasteiger partial charge in [0.25, 0.3) is 0 Å². The van der Waals surface area contributed by atoms with Crippen LogP contribution in [0.15, 0.2) is 35.6 Å². The Kier molecular flexibility index (Phi) is 9.07. The van der Waals surface area contributed by atoms with Gasteiger partial charge in [0.1, 0.15) is 11.6 Å². The van der Waals surface area contributed by atoms with Crippen LogP contribution in [0.1, 0.15) is 31.2 Å². The SMILES string of the molecule is CCOC(=O)C1CCCN(C(=NC)NCc2ccc(-n3ccnc3C)c(F)c2)C1.I. The van der Waals surface area contributed by atoms with Crippen molar-refractivity contribution in [2.75, 3.05) is 26.7 Å². The summed E-state index contributed by atoms with van der Waals surface area (Å²) in [6.45, 7) is 5.88. The van der Waals surface area contributed by atoms with Crippen molar-refractivity contribution in [1.82, 2.24) is 19.8 Å². The zero-order chi connectivity index (χ0) is 20.8. The van der Waals surface area contributed by atoms with E-state index < -0.39 is 0 Å². The van der Waals surface area contributed by atoms with E-state index in [2.05, 4.69) is 20.2 Å². The molecule has 30 heavy (non-hydrogen) atoms. The number of ether oxygens (including phenoxy) is 1. The molecule has 1 N–H and O–H groups in total. The minimum Gasteiger partial charge on any atom is -0.466 e. The minimum atomic E-state index is -0.305. The fraction of sp³-hybridized carbons (Fsp3) is 0.476. The third-order valence-electron chi connectivity index (χ3n) is 5.10. The second kappa shape index (κ2) is 11.3. The molecule has 0 saturated carbocycles. The van der Waals surface area contributed by atoms with E-state index >= 15 is 0 Å². The number of hydrogen-bond donors (Lipinski definition) is 1. The van der Waals surface area contributed by atoms with Crippen molar-refractivity contribution in [2.45, 2.75) is 33.2 Å². The first kappa shape index (κ1) is 24.1. The lowest BCUT2D eigenvalue weighted by Gasteiger charge is -2.34. The van der Waals surface area contributed by atoms with Crippen molar-refractivity contribution >= 4 is 35.9 Å². The van der Waals surface area contributed by atoms with E-state index in [1.54, 1.807) is 30.1 Å². The largest absolute Gasteiger partial charge is 0.466 e. The van der Waals surface area contributed by atoms with Crippen LogP contribution in [0, 0.1) is 18.7 Å². The van der Waals surface area contributed by atoms with Gasteiger partial charge >= 0.3 is 5.97 Å². The summed E-state index contributed by atoms with van der Waals surface area (Å²) < 4.78 is 21.5. The number of rotatable bonds is 5. The van der Waals surface area contributed by atoms with Crippen LogP contribution < -0.4 is 5.32 Å². The van der Waals surface area contributed by atoms with E-state index in [1.165, 1.54) is 6.07 Å². The van der Waals surface area contributed by atoms with Crippen molar-refractivity contribution in [3.8, 4) is 5.69 Å². The lowest BCUT2D eigenvalue weighted by Crippen LogP contribution is -2.48. The molecule has 0 radical (unpaired) electrons. The summed E-state index contributed by atoms with van der Waals surface area (Å²) in [4.78, 5) is 22.6. The van der Waals surface area contributed by atoms with E-state index in [0.717, 1.165) is 30.8 Å². The summed E-state index contributed by atoms with van der Waals surface area (Å²) in [6.07, 6.45) is 5.12. The Morgan fingerprint density at radius 2 is 2.23 bits per heavy atom. The highest BCUT2D eigenvalue weighted by Gasteiger charge is 2.28. The fourth-order valence-corrected chi connectivity index (χ4v) is 3.62. The zero-order valence-electron chi connectivity index (χ0n) is 17.6. The number of carbonyl (C=O) groups is 1. The van der Waals surface area contributed by atoms with Crippen LogP contribution in [0.2, 0.25) is 0 Å². The molecule has 1 aromatic heterocycles. The Morgan fingerprint density at radius 3 is 2.87 bits per heavy atom. The lowest BCUT2D eigenvalue weighted by atomic mass is 9.98. The van der Waals surface area contributed by atoms with Gasteiger partial charge < -0.3 is 19.5 Å². The van der Waals surface area contributed by atoms with Crippen molar-refractivity contribution in [2.24, 2.45) is 10.9 Å². The average Bonchev–Trinajstić information content (AvgIpc) is 3.14. The van der Waals surface area contributed by atoms with E-state index in [9.17, 15) is 9.18 Å². The molecule has 7 nitrogen and oxygen atoms in total. The molecule has 1 atom stereocenters. The van der Waals surface area contributed by atoms with E-state index in [-0.39, 0.29) is 41.7 Å². The Labute approximate surface area is 193 Å². The van der Waals surface area contributed by atoms with E-state index in [1.807, 2.05) is 19.9 Å². The van der Waals surface area contributed by atoms with Crippen LogP contribution in [0.3, 0.4) is 0 Å². The van der Waals surface area contributed by atoms with Crippen LogP contribution in [0.25, 0.3) is 5.69 Å². The molecular formula is C21H29FIN5O2. The van der Waals surface area contributed by atoms with Gasteiger partial charge in [-0.3, -0.25) is 9.79 Å². The maximum Gasteiger partial charge on any atom is 0.310 e. The molecule has 0 spiro atoms. The highest BCUT2D eigenvalue weighted by molar-refractivity contribution is 14.0. The topological polar surface area (TPSA) is 71.8 Å². The number of aryl methyl sites for hydroxylation is 1. The molecule has 0 bridgehead atoms. The number of halogens is 2. The fourth-order valence-electron chi connectivity index (χ4n) is 3.62. The summed E-state index contributed by atoms with van der Waals surface area (Å²) in [7, 11) is 1.71. The molecule has 1 saturated heterocycles. The summed E-state index contributed by atoms with van der Waals surface area (Å²) in [6, 6.07) is 5.16. The molecule has 1 aromatic carbocycles. The Balaban J connectivity index is 0.00000320. The van der Waals surface area contributed by atoms with Gasteiger partial charge in [0.05, 0.1) is 18.2 Å². The molecule has 164 valence electrons. The Morgan fingerprint density at radius 1 is 1.43 bits per heavy atom. The molecule has 1 fully saturated rings. The van der Waals surface area contributed by atoms with Crippen LogP contribution >= 0.6 is 24.0 Å². The minimum absolute atomic E-state index is 0. The molecule has 1 aliphatic rings. The quantitative estimate of drug-likeness (QED) is 0.279. The molecular weight excluding hydrogens is 500 g/mol. The average molecular weight is 529 g/mol. The Bertz CT molecular complexity index is 886. The third kappa shape index (κ3) is 5.71. The first-order valence-corrected chi connectivity index (χ1v) is 9.94. The normalized spacial score (nSPS) is 16.7. The molecule has 0 amide bonds. The van der Waals surface area contributed by atoms with Gasteiger partial charge in [0.15, 0.2) is 5.96 Å². The summed E-state index contributed by atoms with van der Waals surface area (Å²) in [5.41, 5.74) is 1.28. The second-order valence-corrected chi connectivity index (χ2v) is 7.07. The standard InChI is InChI=1S/C21H28FN5O2.HI/c1-4-29-20(28)17-6-5-10-26(14-17)21(23-3)25-13-16-7-8-19(18(22)12-16)27-11-9-24-15(27)2;/h7-9,11-12,17H,4-6,10,13-14H2,1-3H3,(H,23,25);1H. The smallest absolute Gasteiger partial charge is 0.310 e. The predicted octanol–water partition coefficient (Wildman–Crippen LogP) is 3.29. The van der Waals surface area contributed by atoms with Crippen molar-refractivity contribution in [3.05, 3.63) is 47.8 Å². The number of benzene rings is 1. The van der Waals surface area contributed by atoms with Crippen molar-refractivity contribution < 1.29 is 13.9 Å².